The van der Waals surface area contributed by atoms with E-state index in [0.717, 1.165) is 22.4 Å². The van der Waals surface area contributed by atoms with Gasteiger partial charge in [0.2, 0.25) is 0 Å². The van der Waals surface area contributed by atoms with Gasteiger partial charge in [-0.1, -0.05) is 30.8 Å². The Hall–Kier alpha value is -1.21. The molecular formula is C14H18N2O3S2. The quantitative estimate of drug-likeness (QED) is 0.847. The van der Waals surface area contributed by atoms with Gasteiger partial charge in [-0.3, -0.25) is 4.99 Å². The molecule has 7 heteroatoms. The van der Waals surface area contributed by atoms with Gasteiger partial charge in [-0.2, -0.15) is 0 Å². The summed E-state index contributed by atoms with van der Waals surface area (Å²) in [6.45, 7) is 2.07. The van der Waals surface area contributed by atoms with Crippen molar-refractivity contribution in [2.75, 3.05) is 29.3 Å². The second-order valence-electron chi connectivity index (χ2n) is 5.10. The Kier molecular flexibility index (Phi) is 3.88. The standard InChI is InChI=1S/C14H18N2O3S2/c1-3-20-14-15-10-8-21(17,18)9-12(10)16(14)11-6-4-5-7-13(11)19-2/h4-7,10,12H,3,8-9H2,1-2H3/t10-,12-/m0/s1. The van der Waals surface area contributed by atoms with Crippen LogP contribution in [0.15, 0.2) is 29.3 Å². The third-order valence-electron chi connectivity index (χ3n) is 3.73. The van der Waals surface area contributed by atoms with Crippen molar-refractivity contribution in [2.24, 2.45) is 4.99 Å². The highest BCUT2D eigenvalue weighted by molar-refractivity contribution is 8.14. The highest BCUT2D eigenvalue weighted by atomic mass is 32.2. The van der Waals surface area contributed by atoms with E-state index < -0.39 is 9.84 Å². The van der Waals surface area contributed by atoms with Crippen molar-refractivity contribution in [3.05, 3.63) is 24.3 Å². The SMILES string of the molecule is CCSC1=N[C@H]2CS(=O)(=O)C[C@@H]2N1c1ccccc1OC. The van der Waals surface area contributed by atoms with Gasteiger partial charge in [0.1, 0.15) is 5.75 Å². The number of sulfone groups is 1. The molecular weight excluding hydrogens is 308 g/mol. The molecule has 0 bridgehead atoms. The van der Waals surface area contributed by atoms with Crippen LogP contribution < -0.4 is 9.64 Å². The maximum absolute atomic E-state index is 11.9. The number of amidine groups is 1. The number of hydrogen-bond acceptors (Lipinski definition) is 6. The lowest BCUT2D eigenvalue weighted by Gasteiger charge is -2.27. The Morgan fingerprint density at radius 3 is 2.86 bits per heavy atom. The topological polar surface area (TPSA) is 59.0 Å². The molecule has 0 saturated carbocycles. The zero-order chi connectivity index (χ0) is 15.0. The number of benzene rings is 1. The molecule has 1 fully saturated rings. The van der Waals surface area contributed by atoms with Crippen LogP contribution in [0, 0.1) is 0 Å². The van der Waals surface area contributed by atoms with E-state index in [1.807, 2.05) is 29.2 Å². The Balaban J connectivity index is 2.03. The van der Waals surface area contributed by atoms with Crippen molar-refractivity contribution in [3.8, 4) is 5.75 Å². The van der Waals surface area contributed by atoms with Crippen LogP contribution in [0.5, 0.6) is 5.75 Å². The first-order valence-corrected chi connectivity index (χ1v) is 9.69. The van der Waals surface area contributed by atoms with Crippen LogP contribution in [0.4, 0.5) is 5.69 Å². The highest BCUT2D eigenvalue weighted by Crippen LogP contribution is 2.39. The molecule has 3 rings (SSSR count). The van der Waals surface area contributed by atoms with E-state index in [-0.39, 0.29) is 23.6 Å². The third kappa shape index (κ3) is 2.64. The molecule has 5 nitrogen and oxygen atoms in total. The highest BCUT2D eigenvalue weighted by Gasteiger charge is 2.47. The van der Waals surface area contributed by atoms with Crippen molar-refractivity contribution in [1.82, 2.24) is 0 Å². The first-order valence-electron chi connectivity index (χ1n) is 6.89. The molecule has 1 aromatic carbocycles. The molecule has 2 aliphatic heterocycles. The molecule has 0 N–H and O–H groups in total. The number of para-hydroxylation sites is 2. The fourth-order valence-electron chi connectivity index (χ4n) is 2.87. The van der Waals surface area contributed by atoms with E-state index in [9.17, 15) is 8.42 Å². The molecule has 2 atom stereocenters. The van der Waals surface area contributed by atoms with Gasteiger partial charge in [0.05, 0.1) is 36.4 Å². The van der Waals surface area contributed by atoms with Gasteiger partial charge >= 0.3 is 0 Å². The van der Waals surface area contributed by atoms with Crippen LogP contribution in [0.3, 0.4) is 0 Å². The van der Waals surface area contributed by atoms with E-state index >= 15 is 0 Å². The smallest absolute Gasteiger partial charge is 0.164 e. The van der Waals surface area contributed by atoms with Crippen molar-refractivity contribution in [3.63, 3.8) is 0 Å². The fourth-order valence-corrected chi connectivity index (χ4v) is 5.56. The van der Waals surface area contributed by atoms with Crippen molar-refractivity contribution >= 4 is 32.5 Å². The van der Waals surface area contributed by atoms with E-state index in [1.165, 1.54) is 0 Å². The van der Waals surface area contributed by atoms with E-state index in [0.29, 0.717) is 0 Å². The zero-order valence-electron chi connectivity index (χ0n) is 12.0. The molecule has 0 amide bonds. The third-order valence-corrected chi connectivity index (χ3v) is 6.27. The summed E-state index contributed by atoms with van der Waals surface area (Å²) >= 11 is 1.64. The van der Waals surface area contributed by atoms with Gasteiger partial charge in [-0.25, -0.2) is 8.42 Å². The summed E-state index contributed by atoms with van der Waals surface area (Å²) in [7, 11) is -1.38. The summed E-state index contributed by atoms with van der Waals surface area (Å²) in [5.74, 6) is 1.95. The number of methoxy groups -OCH3 is 1. The molecule has 0 aromatic heterocycles. The minimum Gasteiger partial charge on any atom is -0.495 e. The number of hydrogen-bond donors (Lipinski definition) is 0. The predicted octanol–water partition coefficient (Wildman–Crippen LogP) is 1.79. The molecule has 0 aliphatic carbocycles. The molecule has 0 radical (unpaired) electrons. The summed E-state index contributed by atoms with van der Waals surface area (Å²) in [5.41, 5.74) is 0.893. The summed E-state index contributed by atoms with van der Waals surface area (Å²) in [6.07, 6.45) is 0. The van der Waals surface area contributed by atoms with Gasteiger partial charge < -0.3 is 9.64 Å². The van der Waals surface area contributed by atoms with Crippen LogP contribution in [0.25, 0.3) is 0 Å². The van der Waals surface area contributed by atoms with Crippen molar-refractivity contribution in [1.29, 1.82) is 0 Å². The van der Waals surface area contributed by atoms with Crippen LogP contribution in [0.2, 0.25) is 0 Å². The van der Waals surface area contributed by atoms with Gasteiger partial charge in [0, 0.05) is 0 Å². The first kappa shape index (κ1) is 14.7. The first-order chi connectivity index (χ1) is 10.1. The van der Waals surface area contributed by atoms with E-state index in [1.54, 1.807) is 18.9 Å². The van der Waals surface area contributed by atoms with Gasteiger partial charge in [0.25, 0.3) is 0 Å². The normalized spacial score (nSPS) is 26.6. The molecule has 0 spiro atoms. The van der Waals surface area contributed by atoms with Crippen molar-refractivity contribution < 1.29 is 13.2 Å². The lowest BCUT2D eigenvalue weighted by atomic mass is 10.1. The Morgan fingerprint density at radius 1 is 1.38 bits per heavy atom. The van der Waals surface area contributed by atoms with Gasteiger partial charge in [-0.15, -0.1) is 0 Å². The molecule has 2 aliphatic rings. The molecule has 1 aromatic rings. The lowest BCUT2D eigenvalue weighted by Crippen LogP contribution is -2.39. The fraction of sp³-hybridized carbons (Fsp3) is 0.500. The van der Waals surface area contributed by atoms with Crippen molar-refractivity contribution in [2.45, 2.75) is 19.0 Å². The summed E-state index contributed by atoms with van der Waals surface area (Å²) in [6, 6.07) is 7.42. The second kappa shape index (κ2) is 5.53. The minimum atomic E-state index is -3.00. The number of ether oxygens (including phenoxy) is 1. The Labute approximate surface area is 129 Å². The lowest BCUT2D eigenvalue weighted by molar-refractivity contribution is 0.415. The maximum Gasteiger partial charge on any atom is 0.164 e. The molecule has 2 heterocycles. The van der Waals surface area contributed by atoms with Gasteiger partial charge in [0.15, 0.2) is 15.0 Å². The largest absolute Gasteiger partial charge is 0.495 e. The maximum atomic E-state index is 11.9. The number of nitrogens with zero attached hydrogens (tertiary/aromatic N) is 2. The number of rotatable bonds is 3. The average molecular weight is 326 g/mol. The minimum absolute atomic E-state index is 0.111. The summed E-state index contributed by atoms with van der Waals surface area (Å²) in [4.78, 5) is 6.68. The van der Waals surface area contributed by atoms with Crippen LogP contribution in [-0.4, -0.2) is 50.0 Å². The number of anilines is 1. The van der Waals surface area contributed by atoms with Crippen LogP contribution in [0.1, 0.15) is 6.92 Å². The van der Waals surface area contributed by atoms with Crippen LogP contribution in [-0.2, 0) is 9.84 Å². The number of thioether (sulfide) groups is 1. The molecule has 21 heavy (non-hydrogen) atoms. The molecule has 0 unspecified atom stereocenters. The molecule has 114 valence electrons. The average Bonchev–Trinajstić information content (AvgIpc) is 2.90. The van der Waals surface area contributed by atoms with E-state index in [2.05, 4.69) is 11.9 Å². The second-order valence-corrected chi connectivity index (χ2v) is 8.48. The predicted molar refractivity (Wildman–Crippen MR) is 87.3 cm³/mol. The zero-order valence-corrected chi connectivity index (χ0v) is 13.7. The monoisotopic (exact) mass is 326 g/mol. The van der Waals surface area contributed by atoms with Gasteiger partial charge in [-0.05, 0) is 17.9 Å². The number of aliphatic imine (C=N–C) groups is 1. The molecule has 1 saturated heterocycles. The summed E-state index contributed by atoms with van der Waals surface area (Å²) < 4.78 is 29.2. The Morgan fingerprint density at radius 2 is 2.14 bits per heavy atom. The Bertz CT molecular complexity index is 673. The summed E-state index contributed by atoms with van der Waals surface area (Å²) in [5, 5.41) is 0.895. The van der Waals surface area contributed by atoms with Crippen LogP contribution >= 0.6 is 11.8 Å². The number of fused-ring (bicyclic) bond motifs is 1. The van der Waals surface area contributed by atoms with E-state index in [4.69, 9.17) is 4.74 Å².